The van der Waals surface area contributed by atoms with Gasteiger partial charge in [0.1, 0.15) is 17.1 Å². The summed E-state index contributed by atoms with van der Waals surface area (Å²) in [4.78, 5) is 4.47. The predicted molar refractivity (Wildman–Crippen MR) is 272 cm³/mol. The Morgan fingerprint density at radius 2 is 1.27 bits per heavy atom. The van der Waals surface area contributed by atoms with Gasteiger partial charge in [0.2, 0.25) is 0 Å². The Bertz CT molecular complexity index is 3290. The molecule has 0 atom stereocenters. The third-order valence-corrected chi connectivity index (χ3v) is 11.8. The van der Waals surface area contributed by atoms with Crippen LogP contribution in [-0.2, 0) is 4.74 Å². The molecule has 5 aromatic carbocycles. The summed E-state index contributed by atoms with van der Waals surface area (Å²) in [6.07, 6.45) is 19.5. The van der Waals surface area contributed by atoms with Crippen LogP contribution in [0.5, 0.6) is 0 Å². The van der Waals surface area contributed by atoms with Gasteiger partial charge in [-0.1, -0.05) is 111 Å². The molecule has 6 nitrogen and oxygen atoms in total. The van der Waals surface area contributed by atoms with Crippen molar-refractivity contribution in [3.8, 4) is 12.1 Å². The number of rotatable bonds is 15. The number of aryl methyl sites for hydroxylation is 1. The SMILES string of the molecule is C=C/C(C#N)=C\C=C(/C)N(/C(C)=C(/C)OC(=C)/C(C)=C\C)c1ccc2ccc3c(N(/C(C/C=C\C)=c4\oc5c(C)cccc5\c4=C\C)/C(C)=C/C=C(/C#N)C=C)ccc4ccc1c2c43. The summed E-state index contributed by atoms with van der Waals surface area (Å²) in [7, 11) is 0. The quantitative estimate of drug-likeness (QED) is 0.0337. The maximum absolute atomic E-state index is 9.87. The molecule has 1 heterocycles. The summed E-state index contributed by atoms with van der Waals surface area (Å²) in [5.74, 6) is 1.27. The van der Waals surface area contributed by atoms with Crippen LogP contribution in [0.4, 0.5) is 11.4 Å². The highest BCUT2D eigenvalue weighted by Crippen LogP contribution is 2.45. The lowest BCUT2D eigenvalue weighted by molar-refractivity contribution is 0.312. The fraction of sp³-hybridized carbons (Fsp3) is 0.172. The number of fused-ring (bicyclic) bond motifs is 1. The van der Waals surface area contributed by atoms with Crippen molar-refractivity contribution in [1.82, 2.24) is 0 Å². The van der Waals surface area contributed by atoms with E-state index >= 15 is 0 Å². The standard InChI is InChI=1S/C58H56N4O2/c1-13-18-22-54(58-48(17-5)49-21-19-20-38(7)57(49)64-58)62(40(9)24-26-45(16-4)36-60)53-34-30-47-27-31-50-52(33-29-46-28-32-51(53)56(47)55(46)50)61(39(8)23-25-44(15-3)35-59)41(10)43(12)63-42(11)37(6)14-2/h13-21,23-34H,3-4,11,22H2,1-2,5-10,12H3/b18-13-,37-14-,39-23+,40-24+,43-41-,44-25+,45-26+,48-17-,58-54-. The molecule has 6 rings (SSSR count). The van der Waals surface area contributed by atoms with Gasteiger partial charge in [-0.15, -0.1) is 0 Å². The van der Waals surface area contributed by atoms with Crippen LogP contribution in [0.15, 0.2) is 191 Å². The van der Waals surface area contributed by atoms with Gasteiger partial charge in [0, 0.05) is 39.2 Å². The second kappa shape index (κ2) is 19.9. The Hall–Kier alpha value is -7.80. The summed E-state index contributed by atoms with van der Waals surface area (Å²) >= 11 is 0. The molecule has 0 saturated carbocycles. The summed E-state index contributed by atoms with van der Waals surface area (Å²) in [6, 6.07) is 28.2. The molecule has 0 saturated heterocycles. The molecule has 0 radical (unpaired) electrons. The van der Waals surface area contributed by atoms with Crippen molar-refractivity contribution in [2.24, 2.45) is 0 Å². The number of furan rings is 1. The number of nitrogens with zero attached hydrogens (tertiary/aromatic N) is 4. The minimum atomic E-state index is 0.457. The van der Waals surface area contributed by atoms with E-state index in [1.165, 1.54) is 0 Å². The number of benzene rings is 5. The van der Waals surface area contributed by atoms with Crippen LogP contribution in [0, 0.1) is 29.6 Å². The molecule has 0 unspecified atom stereocenters. The maximum atomic E-state index is 9.87. The second-order valence-electron chi connectivity index (χ2n) is 15.7. The van der Waals surface area contributed by atoms with Crippen LogP contribution >= 0.6 is 0 Å². The van der Waals surface area contributed by atoms with Crippen LogP contribution < -0.4 is 20.4 Å². The average molecular weight is 841 g/mol. The highest BCUT2D eigenvalue weighted by molar-refractivity contribution is 6.27. The smallest absolute Gasteiger partial charge is 0.155 e. The van der Waals surface area contributed by atoms with Crippen molar-refractivity contribution in [2.75, 3.05) is 9.80 Å². The fourth-order valence-corrected chi connectivity index (χ4v) is 8.17. The van der Waals surface area contributed by atoms with Gasteiger partial charge in [0.25, 0.3) is 0 Å². The number of anilines is 2. The van der Waals surface area contributed by atoms with E-state index in [9.17, 15) is 10.5 Å². The molecule has 0 amide bonds. The molecule has 64 heavy (non-hydrogen) atoms. The van der Waals surface area contributed by atoms with Crippen LogP contribution in [0.1, 0.15) is 67.4 Å². The van der Waals surface area contributed by atoms with Crippen molar-refractivity contribution in [3.05, 3.63) is 203 Å². The third kappa shape index (κ3) is 8.78. The first-order valence-corrected chi connectivity index (χ1v) is 21.5. The average Bonchev–Trinajstić information content (AvgIpc) is 3.69. The zero-order chi connectivity index (χ0) is 46.2. The molecular weight excluding hydrogens is 785 g/mol. The summed E-state index contributed by atoms with van der Waals surface area (Å²) in [6.45, 7) is 30.1. The lowest BCUT2D eigenvalue weighted by Gasteiger charge is -2.31. The Balaban J connectivity index is 1.73. The number of ether oxygens (including phenoxy) is 1. The zero-order valence-electron chi connectivity index (χ0n) is 38.6. The molecule has 0 aliphatic rings. The largest absolute Gasteiger partial charge is 0.461 e. The zero-order valence-corrected chi connectivity index (χ0v) is 38.6. The molecule has 0 bridgehead atoms. The van der Waals surface area contributed by atoms with E-state index < -0.39 is 0 Å². The van der Waals surface area contributed by atoms with E-state index in [0.717, 1.165) is 99.2 Å². The Kier molecular flexibility index (Phi) is 14.2. The highest BCUT2D eigenvalue weighted by Gasteiger charge is 2.24. The van der Waals surface area contributed by atoms with E-state index in [0.29, 0.717) is 29.1 Å². The highest BCUT2D eigenvalue weighted by atomic mass is 16.5. The summed E-state index contributed by atoms with van der Waals surface area (Å²) < 4.78 is 13.3. The van der Waals surface area contributed by atoms with Crippen molar-refractivity contribution in [1.29, 1.82) is 10.5 Å². The van der Waals surface area contributed by atoms with E-state index in [4.69, 9.17) is 9.15 Å². The summed E-state index contributed by atoms with van der Waals surface area (Å²) in [5.41, 5.74) is 10.1. The minimum absolute atomic E-state index is 0.457. The molecule has 0 aliphatic carbocycles. The predicted octanol–water partition coefficient (Wildman–Crippen LogP) is 14.7. The van der Waals surface area contributed by atoms with Gasteiger partial charge in [0.05, 0.1) is 46.1 Å². The Labute approximate surface area is 378 Å². The Morgan fingerprint density at radius 1 is 0.719 bits per heavy atom. The van der Waals surface area contributed by atoms with E-state index in [1.807, 2.05) is 65.8 Å². The number of allylic oxidation sites excluding steroid dienone is 15. The molecule has 0 N–H and O–H groups in total. The van der Waals surface area contributed by atoms with Gasteiger partial charge < -0.3 is 19.0 Å². The summed E-state index contributed by atoms with van der Waals surface area (Å²) in [5, 5.41) is 28.2. The van der Waals surface area contributed by atoms with Crippen LogP contribution in [-0.4, -0.2) is 0 Å². The van der Waals surface area contributed by atoms with E-state index in [2.05, 4.69) is 147 Å². The molecule has 320 valence electrons. The van der Waals surface area contributed by atoms with E-state index in [-0.39, 0.29) is 0 Å². The molecule has 1 aromatic heterocycles. The van der Waals surface area contributed by atoms with Crippen molar-refractivity contribution in [2.45, 2.75) is 68.7 Å². The second-order valence-corrected chi connectivity index (χ2v) is 15.7. The van der Waals surface area contributed by atoms with Crippen molar-refractivity contribution >= 4 is 66.4 Å². The molecule has 6 heteroatoms. The lowest BCUT2D eigenvalue weighted by atomic mass is 9.91. The fourth-order valence-electron chi connectivity index (χ4n) is 8.17. The molecule has 0 spiro atoms. The molecule has 6 aromatic rings. The first-order chi connectivity index (χ1) is 30.9. The van der Waals surface area contributed by atoms with Gasteiger partial charge in [-0.3, -0.25) is 0 Å². The lowest BCUT2D eigenvalue weighted by Crippen LogP contribution is -2.32. The van der Waals surface area contributed by atoms with Gasteiger partial charge in [-0.2, -0.15) is 10.5 Å². The van der Waals surface area contributed by atoms with Gasteiger partial charge >= 0.3 is 0 Å². The Morgan fingerprint density at radius 3 is 1.78 bits per heavy atom. The molecular formula is C58H56N4O2. The number of para-hydroxylation sites is 1. The normalized spacial score (nSPS) is 14.3. The first kappa shape index (κ1) is 45.7. The van der Waals surface area contributed by atoms with Crippen molar-refractivity contribution < 1.29 is 9.15 Å². The monoisotopic (exact) mass is 840 g/mol. The van der Waals surface area contributed by atoms with Crippen LogP contribution in [0.3, 0.4) is 0 Å². The maximum Gasteiger partial charge on any atom is 0.155 e. The molecule has 0 fully saturated rings. The van der Waals surface area contributed by atoms with Crippen molar-refractivity contribution in [3.63, 3.8) is 0 Å². The van der Waals surface area contributed by atoms with Crippen LogP contribution in [0.25, 0.3) is 55.1 Å². The van der Waals surface area contributed by atoms with E-state index in [1.54, 1.807) is 18.2 Å². The van der Waals surface area contributed by atoms with Gasteiger partial charge in [0.15, 0.2) is 5.42 Å². The number of nitriles is 2. The molecule has 0 aliphatic heterocycles. The van der Waals surface area contributed by atoms with Gasteiger partial charge in [-0.05, 0) is 131 Å². The topological polar surface area (TPSA) is 76.4 Å². The number of hydrogen-bond donors (Lipinski definition) is 0. The number of hydrogen-bond acceptors (Lipinski definition) is 6. The first-order valence-electron chi connectivity index (χ1n) is 21.5. The third-order valence-electron chi connectivity index (χ3n) is 11.8. The van der Waals surface area contributed by atoms with Crippen LogP contribution in [0.2, 0.25) is 0 Å². The van der Waals surface area contributed by atoms with Gasteiger partial charge in [-0.25, -0.2) is 0 Å². The minimum Gasteiger partial charge on any atom is -0.461 e.